The molecule has 0 saturated carbocycles. The second-order valence-corrected chi connectivity index (χ2v) is 8.97. The SMILES string of the molecule is CS(=O)(=O)c1ccc(C(=O)CNC(=O)C(c2ccccc2)c2ccc(F)cc2)c(F)c1. The summed E-state index contributed by atoms with van der Waals surface area (Å²) >= 11 is 0. The van der Waals surface area contributed by atoms with Crippen LogP contribution in [0.5, 0.6) is 0 Å². The van der Waals surface area contributed by atoms with Crippen molar-refractivity contribution >= 4 is 21.5 Å². The molecule has 0 saturated heterocycles. The van der Waals surface area contributed by atoms with Crippen molar-refractivity contribution in [3.05, 3.63) is 101 Å². The Hall–Kier alpha value is -3.39. The first-order chi connectivity index (χ1) is 14.7. The van der Waals surface area contributed by atoms with Gasteiger partial charge in [-0.2, -0.15) is 0 Å². The van der Waals surface area contributed by atoms with Crippen LogP contribution in [0.3, 0.4) is 0 Å². The molecular formula is C23H19F2NO4S. The molecule has 160 valence electrons. The fraction of sp³-hybridized carbons (Fsp3) is 0.130. The number of halogens is 2. The van der Waals surface area contributed by atoms with Crippen molar-refractivity contribution in [1.82, 2.24) is 5.32 Å². The zero-order valence-electron chi connectivity index (χ0n) is 16.5. The quantitative estimate of drug-likeness (QED) is 0.567. The van der Waals surface area contributed by atoms with Gasteiger partial charge in [-0.25, -0.2) is 17.2 Å². The summed E-state index contributed by atoms with van der Waals surface area (Å²) in [6.07, 6.45) is 0.933. The number of Topliss-reactive ketones (excluding diaryl/α,β-unsaturated/α-hetero) is 1. The zero-order chi connectivity index (χ0) is 22.6. The van der Waals surface area contributed by atoms with Gasteiger partial charge in [-0.05, 0) is 41.5 Å². The number of sulfone groups is 1. The summed E-state index contributed by atoms with van der Waals surface area (Å²) in [5.74, 6) is -3.46. The molecule has 3 rings (SSSR count). The standard InChI is InChI=1S/C23H19F2NO4S/c1-31(29,30)18-11-12-19(20(25)13-18)21(27)14-26-23(28)22(15-5-3-2-4-6-15)16-7-9-17(24)10-8-16/h2-13,22H,14H2,1H3,(H,26,28). The van der Waals surface area contributed by atoms with E-state index >= 15 is 0 Å². The first kappa shape index (κ1) is 22.3. The van der Waals surface area contributed by atoms with E-state index in [1.807, 2.05) is 0 Å². The van der Waals surface area contributed by atoms with Crippen molar-refractivity contribution < 1.29 is 26.8 Å². The third kappa shape index (κ3) is 5.40. The molecule has 0 aliphatic heterocycles. The first-order valence-corrected chi connectivity index (χ1v) is 11.2. The van der Waals surface area contributed by atoms with Crippen LogP contribution >= 0.6 is 0 Å². The Morgan fingerprint density at radius 2 is 1.52 bits per heavy atom. The van der Waals surface area contributed by atoms with Crippen LogP contribution in [0.2, 0.25) is 0 Å². The summed E-state index contributed by atoms with van der Waals surface area (Å²) in [5.41, 5.74) is 0.842. The highest BCUT2D eigenvalue weighted by atomic mass is 32.2. The third-order valence-electron chi connectivity index (χ3n) is 4.69. The summed E-state index contributed by atoms with van der Waals surface area (Å²) in [7, 11) is -3.62. The van der Waals surface area contributed by atoms with Gasteiger partial charge in [-0.3, -0.25) is 9.59 Å². The van der Waals surface area contributed by atoms with Gasteiger partial charge < -0.3 is 5.32 Å². The number of carbonyl (C=O) groups excluding carboxylic acids is 2. The molecule has 1 N–H and O–H groups in total. The molecule has 3 aromatic rings. The largest absolute Gasteiger partial charge is 0.348 e. The second kappa shape index (κ2) is 9.18. The Labute approximate surface area is 178 Å². The molecule has 3 aromatic carbocycles. The van der Waals surface area contributed by atoms with Crippen LogP contribution in [0.25, 0.3) is 0 Å². The summed E-state index contributed by atoms with van der Waals surface area (Å²) in [6.45, 7) is -0.488. The maximum Gasteiger partial charge on any atom is 0.232 e. The first-order valence-electron chi connectivity index (χ1n) is 9.28. The van der Waals surface area contributed by atoms with Gasteiger partial charge in [0.05, 0.1) is 22.9 Å². The van der Waals surface area contributed by atoms with E-state index in [0.29, 0.717) is 11.1 Å². The lowest BCUT2D eigenvalue weighted by atomic mass is 9.90. The number of benzene rings is 3. The maximum absolute atomic E-state index is 14.2. The molecule has 0 aliphatic rings. The lowest BCUT2D eigenvalue weighted by Crippen LogP contribution is -2.34. The lowest BCUT2D eigenvalue weighted by Gasteiger charge is -2.18. The number of hydrogen-bond acceptors (Lipinski definition) is 4. The molecule has 5 nitrogen and oxygen atoms in total. The van der Waals surface area contributed by atoms with Crippen LogP contribution in [0.4, 0.5) is 8.78 Å². The van der Waals surface area contributed by atoms with Gasteiger partial charge >= 0.3 is 0 Å². The van der Waals surface area contributed by atoms with Crippen molar-refractivity contribution in [3.63, 3.8) is 0 Å². The molecule has 31 heavy (non-hydrogen) atoms. The minimum Gasteiger partial charge on any atom is -0.348 e. The topological polar surface area (TPSA) is 80.3 Å². The number of carbonyl (C=O) groups is 2. The van der Waals surface area contributed by atoms with E-state index in [9.17, 15) is 26.8 Å². The van der Waals surface area contributed by atoms with Gasteiger partial charge in [0.1, 0.15) is 11.6 Å². The molecule has 0 radical (unpaired) electrons. The van der Waals surface area contributed by atoms with E-state index in [1.54, 1.807) is 30.3 Å². The van der Waals surface area contributed by atoms with E-state index in [2.05, 4.69) is 5.32 Å². The second-order valence-electron chi connectivity index (χ2n) is 6.95. The van der Waals surface area contributed by atoms with Crippen molar-refractivity contribution in [2.45, 2.75) is 10.8 Å². The molecule has 1 unspecified atom stereocenters. The average Bonchev–Trinajstić information content (AvgIpc) is 2.73. The van der Waals surface area contributed by atoms with Crippen LogP contribution in [-0.4, -0.2) is 32.9 Å². The highest BCUT2D eigenvalue weighted by Crippen LogP contribution is 2.25. The normalized spacial score (nSPS) is 12.2. The fourth-order valence-corrected chi connectivity index (χ4v) is 3.75. The Balaban J connectivity index is 1.80. The summed E-state index contributed by atoms with van der Waals surface area (Å²) in [4.78, 5) is 25.1. The van der Waals surface area contributed by atoms with Gasteiger partial charge in [-0.1, -0.05) is 42.5 Å². The molecular weight excluding hydrogens is 424 g/mol. The van der Waals surface area contributed by atoms with Gasteiger partial charge in [0, 0.05) is 6.26 Å². The predicted octanol–water partition coefficient (Wildman–Crippen LogP) is 3.50. The Morgan fingerprint density at radius 3 is 2.10 bits per heavy atom. The average molecular weight is 443 g/mol. The van der Waals surface area contributed by atoms with Crippen LogP contribution in [-0.2, 0) is 14.6 Å². The highest BCUT2D eigenvalue weighted by molar-refractivity contribution is 7.90. The number of rotatable bonds is 7. The number of hydrogen-bond donors (Lipinski definition) is 1. The van der Waals surface area contributed by atoms with E-state index in [4.69, 9.17) is 0 Å². The van der Waals surface area contributed by atoms with E-state index in [1.165, 1.54) is 24.3 Å². The van der Waals surface area contributed by atoms with Gasteiger partial charge in [0.25, 0.3) is 0 Å². The van der Waals surface area contributed by atoms with E-state index in [0.717, 1.165) is 24.5 Å². The third-order valence-corrected chi connectivity index (χ3v) is 5.80. The van der Waals surface area contributed by atoms with Crippen molar-refractivity contribution in [3.8, 4) is 0 Å². The van der Waals surface area contributed by atoms with Crippen LogP contribution in [0, 0.1) is 11.6 Å². The smallest absolute Gasteiger partial charge is 0.232 e. The van der Waals surface area contributed by atoms with Crippen molar-refractivity contribution in [2.24, 2.45) is 0 Å². The fourth-order valence-electron chi connectivity index (χ4n) is 3.11. The maximum atomic E-state index is 14.2. The van der Waals surface area contributed by atoms with Crippen molar-refractivity contribution in [1.29, 1.82) is 0 Å². The van der Waals surface area contributed by atoms with Crippen LogP contribution < -0.4 is 5.32 Å². The highest BCUT2D eigenvalue weighted by Gasteiger charge is 2.24. The number of amides is 1. The predicted molar refractivity (Wildman–Crippen MR) is 112 cm³/mol. The van der Waals surface area contributed by atoms with E-state index in [-0.39, 0.29) is 10.5 Å². The molecule has 0 aliphatic carbocycles. The lowest BCUT2D eigenvalue weighted by molar-refractivity contribution is -0.121. The van der Waals surface area contributed by atoms with Crippen molar-refractivity contribution in [2.75, 3.05) is 12.8 Å². The molecule has 0 aromatic heterocycles. The molecule has 0 bridgehead atoms. The number of nitrogens with one attached hydrogen (secondary N) is 1. The van der Waals surface area contributed by atoms with Gasteiger partial charge in [-0.15, -0.1) is 0 Å². The number of ketones is 1. The summed E-state index contributed by atoms with van der Waals surface area (Å²) in [5, 5.41) is 2.50. The minimum atomic E-state index is -3.62. The molecule has 0 heterocycles. The molecule has 0 fully saturated rings. The van der Waals surface area contributed by atoms with E-state index < -0.39 is 45.6 Å². The Bertz CT molecular complexity index is 1210. The Morgan fingerprint density at radius 1 is 0.903 bits per heavy atom. The van der Waals surface area contributed by atoms with Gasteiger partial charge in [0.15, 0.2) is 15.6 Å². The molecule has 1 amide bonds. The van der Waals surface area contributed by atoms with Crippen LogP contribution in [0.15, 0.2) is 77.7 Å². The summed E-state index contributed by atoms with van der Waals surface area (Å²) in [6, 6.07) is 17.2. The van der Waals surface area contributed by atoms with Crippen LogP contribution in [0.1, 0.15) is 27.4 Å². The molecule has 8 heteroatoms. The zero-order valence-corrected chi connectivity index (χ0v) is 17.3. The molecule has 1 atom stereocenters. The molecule has 0 spiro atoms. The Kier molecular flexibility index (Phi) is 6.60. The van der Waals surface area contributed by atoms with Gasteiger partial charge in [0.2, 0.25) is 5.91 Å². The minimum absolute atomic E-state index is 0.244. The summed E-state index contributed by atoms with van der Waals surface area (Å²) < 4.78 is 50.6. The monoisotopic (exact) mass is 443 g/mol.